The predicted molar refractivity (Wildman–Crippen MR) is 128 cm³/mol. The summed E-state index contributed by atoms with van der Waals surface area (Å²) < 4.78 is 6.38. The van der Waals surface area contributed by atoms with Crippen molar-refractivity contribution in [3.63, 3.8) is 0 Å². The van der Waals surface area contributed by atoms with Gasteiger partial charge in [-0.25, -0.2) is 4.98 Å². The number of halogens is 1. The van der Waals surface area contributed by atoms with E-state index in [1.54, 1.807) is 17.5 Å². The number of thiazole rings is 1. The molecule has 0 aliphatic heterocycles. The molecule has 0 aliphatic carbocycles. The Kier molecular flexibility index (Phi) is 6.58. The maximum Gasteiger partial charge on any atom is 0.270 e. The molecule has 1 amide bonds. The number of ether oxygens (including phenoxy) is 1. The lowest BCUT2D eigenvalue weighted by Crippen LogP contribution is -2.20. The van der Waals surface area contributed by atoms with E-state index in [9.17, 15) is 14.9 Å². The first-order chi connectivity index (χ1) is 15.5. The maximum absolute atomic E-state index is 12.3. The Hall–Kier alpha value is -3.56. The topological polar surface area (TPSA) is 94.4 Å². The van der Waals surface area contributed by atoms with Gasteiger partial charge in [0.2, 0.25) is 0 Å². The normalized spacial score (nSPS) is 10.5. The molecule has 3 aromatic carbocycles. The van der Waals surface area contributed by atoms with Gasteiger partial charge in [0.05, 0.1) is 15.1 Å². The zero-order valence-electron chi connectivity index (χ0n) is 16.5. The number of nitro benzene ring substituents is 1. The number of hydrogen-bond acceptors (Lipinski definition) is 6. The summed E-state index contributed by atoms with van der Waals surface area (Å²) in [6.45, 7) is -0.186. The number of anilines is 1. The first-order valence-electron chi connectivity index (χ1n) is 9.47. The summed E-state index contributed by atoms with van der Waals surface area (Å²) in [5, 5.41) is 15.8. The van der Waals surface area contributed by atoms with Crippen LogP contribution < -0.4 is 10.1 Å². The number of carbonyl (C=O) groups is 1. The van der Waals surface area contributed by atoms with Gasteiger partial charge < -0.3 is 4.74 Å². The van der Waals surface area contributed by atoms with Crippen molar-refractivity contribution >= 4 is 44.0 Å². The lowest BCUT2D eigenvalue weighted by molar-refractivity contribution is -0.384. The minimum atomic E-state index is -0.458. The number of hydrogen-bond donors (Lipinski definition) is 1. The average molecular weight is 510 g/mol. The van der Waals surface area contributed by atoms with Gasteiger partial charge in [0.25, 0.3) is 11.6 Å². The molecule has 0 saturated carbocycles. The largest absolute Gasteiger partial charge is 0.483 e. The molecule has 1 aromatic heterocycles. The van der Waals surface area contributed by atoms with Crippen LogP contribution in [0.1, 0.15) is 0 Å². The third-order valence-electron chi connectivity index (χ3n) is 4.50. The van der Waals surface area contributed by atoms with E-state index >= 15 is 0 Å². The van der Waals surface area contributed by atoms with E-state index in [1.807, 2.05) is 48.5 Å². The van der Waals surface area contributed by atoms with Gasteiger partial charge in [-0.1, -0.05) is 48.5 Å². The molecule has 160 valence electrons. The Morgan fingerprint density at radius 3 is 2.56 bits per heavy atom. The molecule has 0 bridgehead atoms. The summed E-state index contributed by atoms with van der Waals surface area (Å²) in [5.74, 6) is 0.195. The van der Waals surface area contributed by atoms with Gasteiger partial charge in [0, 0.05) is 23.1 Å². The van der Waals surface area contributed by atoms with Crippen molar-refractivity contribution in [2.24, 2.45) is 0 Å². The molecule has 1 heterocycles. The molecular formula is C23H16BrN3O4S. The van der Waals surface area contributed by atoms with E-state index in [4.69, 9.17) is 4.74 Å². The second-order valence-electron chi connectivity index (χ2n) is 6.69. The molecule has 0 atom stereocenters. The molecule has 32 heavy (non-hydrogen) atoms. The highest BCUT2D eigenvalue weighted by Crippen LogP contribution is 2.31. The lowest BCUT2D eigenvalue weighted by atomic mass is 10.1. The second kappa shape index (κ2) is 9.71. The van der Waals surface area contributed by atoms with E-state index < -0.39 is 4.92 Å². The van der Waals surface area contributed by atoms with Crippen LogP contribution in [0.2, 0.25) is 0 Å². The van der Waals surface area contributed by atoms with E-state index in [1.165, 1.54) is 23.5 Å². The first-order valence-corrected chi connectivity index (χ1v) is 11.1. The van der Waals surface area contributed by atoms with Gasteiger partial charge in [-0.05, 0) is 39.2 Å². The summed E-state index contributed by atoms with van der Waals surface area (Å²) in [6, 6.07) is 21.8. The number of aromatic nitrogens is 1. The van der Waals surface area contributed by atoms with Crippen molar-refractivity contribution in [1.82, 2.24) is 4.98 Å². The van der Waals surface area contributed by atoms with Crippen LogP contribution in [0.3, 0.4) is 0 Å². The zero-order valence-corrected chi connectivity index (χ0v) is 18.9. The number of benzene rings is 3. The van der Waals surface area contributed by atoms with Gasteiger partial charge in [-0.15, -0.1) is 11.3 Å². The minimum Gasteiger partial charge on any atom is -0.483 e. The van der Waals surface area contributed by atoms with Gasteiger partial charge in [-0.3, -0.25) is 20.2 Å². The fourth-order valence-electron chi connectivity index (χ4n) is 2.97. The Morgan fingerprint density at radius 2 is 1.81 bits per heavy atom. The SMILES string of the molecule is O=C(COc1ccc(-c2ccccc2)cc1Br)Nc1nc(-c2cccc([N+](=O)[O-])c2)cs1. The van der Waals surface area contributed by atoms with E-state index in [0.29, 0.717) is 22.1 Å². The number of rotatable bonds is 7. The predicted octanol–water partition coefficient (Wildman–Crippen LogP) is 6.17. The monoisotopic (exact) mass is 509 g/mol. The Bertz CT molecular complexity index is 1280. The molecule has 1 N–H and O–H groups in total. The van der Waals surface area contributed by atoms with Crippen molar-refractivity contribution < 1.29 is 14.5 Å². The van der Waals surface area contributed by atoms with Crippen molar-refractivity contribution in [2.45, 2.75) is 0 Å². The first kappa shape index (κ1) is 21.7. The molecule has 0 spiro atoms. The van der Waals surface area contributed by atoms with Gasteiger partial charge in [0.1, 0.15) is 5.75 Å². The van der Waals surface area contributed by atoms with Crippen LogP contribution in [0.25, 0.3) is 22.4 Å². The van der Waals surface area contributed by atoms with Crippen LogP contribution in [-0.2, 0) is 4.79 Å². The number of nitro groups is 1. The molecule has 0 aliphatic rings. The Labute approximate surface area is 196 Å². The average Bonchev–Trinajstić information content (AvgIpc) is 3.27. The highest BCUT2D eigenvalue weighted by atomic mass is 79.9. The van der Waals surface area contributed by atoms with Crippen molar-refractivity contribution in [1.29, 1.82) is 0 Å². The molecule has 4 aromatic rings. The van der Waals surface area contributed by atoms with Crippen LogP contribution in [0.4, 0.5) is 10.8 Å². The van der Waals surface area contributed by atoms with Crippen molar-refractivity contribution in [2.75, 3.05) is 11.9 Å². The van der Waals surface area contributed by atoms with Crippen LogP contribution in [0, 0.1) is 10.1 Å². The third kappa shape index (κ3) is 5.19. The second-order valence-corrected chi connectivity index (χ2v) is 8.41. The van der Waals surface area contributed by atoms with E-state index in [-0.39, 0.29) is 18.2 Å². The molecule has 0 unspecified atom stereocenters. The fraction of sp³-hybridized carbons (Fsp3) is 0.0435. The molecular weight excluding hydrogens is 494 g/mol. The number of nitrogens with zero attached hydrogens (tertiary/aromatic N) is 2. The third-order valence-corrected chi connectivity index (χ3v) is 5.88. The van der Waals surface area contributed by atoms with Gasteiger partial charge >= 0.3 is 0 Å². The van der Waals surface area contributed by atoms with Gasteiger partial charge in [-0.2, -0.15) is 0 Å². The molecule has 7 nitrogen and oxygen atoms in total. The minimum absolute atomic E-state index is 0.0154. The summed E-state index contributed by atoms with van der Waals surface area (Å²) in [4.78, 5) is 27.1. The summed E-state index contributed by atoms with van der Waals surface area (Å²) in [7, 11) is 0. The van der Waals surface area contributed by atoms with Crippen LogP contribution in [0.15, 0.2) is 82.6 Å². The Morgan fingerprint density at radius 1 is 1.03 bits per heavy atom. The Balaban J connectivity index is 1.37. The fourth-order valence-corrected chi connectivity index (χ4v) is 4.20. The number of amides is 1. The summed E-state index contributed by atoms with van der Waals surface area (Å²) in [6.07, 6.45) is 0. The quantitative estimate of drug-likeness (QED) is 0.237. The number of carbonyl (C=O) groups excluding carboxylic acids is 1. The van der Waals surface area contributed by atoms with Crippen LogP contribution in [0.5, 0.6) is 5.75 Å². The molecule has 0 saturated heterocycles. The van der Waals surface area contributed by atoms with Crippen LogP contribution >= 0.6 is 27.3 Å². The highest BCUT2D eigenvalue weighted by molar-refractivity contribution is 9.10. The smallest absolute Gasteiger partial charge is 0.270 e. The van der Waals surface area contributed by atoms with E-state index in [2.05, 4.69) is 26.2 Å². The standard InChI is InChI=1S/C23H16BrN3O4S/c24-19-12-16(15-5-2-1-3-6-15)9-10-21(19)31-13-22(28)26-23-25-20(14-32-23)17-7-4-8-18(11-17)27(29)30/h1-12,14H,13H2,(H,25,26,28). The van der Waals surface area contributed by atoms with Gasteiger partial charge in [0.15, 0.2) is 11.7 Å². The lowest BCUT2D eigenvalue weighted by Gasteiger charge is -2.10. The summed E-state index contributed by atoms with van der Waals surface area (Å²) >= 11 is 4.73. The zero-order chi connectivity index (χ0) is 22.5. The maximum atomic E-state index is 12.3. The summed E-state index contributed by atoms with van der Waals surface area (Å²) in [5.41, 5.74) is 3.26. The highest BCUT2D eigenvalue weighted by Gasteiger charge is 2.12. The molecule has 0 radical (unpaired) electrons. The number of non-ortho nitro benzene ring substituents is 1. The number of nitrogens with one attached hydrogen (secondary N) is 1. The molecule has 4 rings (SSSR count). The van der Waals surface area contributed by atoms with Crippen molar-refractivity contribution in [3.05, 3.63) is 92.8 Å². The van der Waals surface area contributed by atoms with Crippen LogP contribution in [-0.4, -0.2) is 22.4 Å². The molecule has 9 heteroatoms. The van der Waals surface area contributed by atoms with Crippen molar-refractivity contribution in [3.8, 4) is 28.1 Å². The molecule has 0 fully saturated rings. The van der Waals surface area contributed by atoms with E-state index in [0.717, 1.165) is 15.6 Å².